The van der Waals surface area contributed by atoms with Crippen LogP contribution in [0.25, 0.3) is 16.6 Å². The number of pyridine rings is 1. The van der Waals surface area contributed by atoms with Crippen molar-refractivity contribution in [2.45, 2.75) is 31.3 Å². The first kappa shape index (κ1) is 23.0. The van der Waals surface area contributed by atoms with Gasteiger partial charge in [-0.3, -0.25) is 14.2 Å². The van der Waals surface area contributed by atoms with Crippen LogP contribution in [0.3, 0.4) is 0 Å². The number of hydrogen-bond acceptors (Lipinski definition) is 5. The number of carbonyl (C=O) groups is 1. The number of amides is 1. The number of halogens is 1. The van der Waals surface area contributed by atoms with Crippen LogP contribution in [0.15, 0.2) is 76.8 Å². The second kappa shape index (κ2) is 10.2. The average molecular weight is 479 g/mol. The topological polar surface area (TPSA) is 76.9 Å². The van der Waals surface area contributed by atoms with Gasteiger partial charge in [-0.25, -0.2) is 9.97 Å². The predicted molar refractivity (Wildman–Crippen MR) is 135 cm³/mol. The van der Waals surface area contributed by atoms with Crippen LogP contribution < -0.4 is 10.9 Å². The van der Waals surface area contributed by atoms with Crippen molar-refractivity contribution >= 4 is 45.9 Å². The highest BCUT2D eigenvalue weighted by Crippen LogP contribution is 2.25. The fraction of sp³-hybridized carbons (Fsp3) is 0.200. The van der Waals surface area contributed by atoms with Crippen LogP contribution in [0.2, 0.25) is 5.15 Å². The van der Waals surface area contributed by atoms with E-state index < -0.39 is 0 Å². The van der Waals surface area contributed by atoms with Crippen molar-refractivity contribution in [1.29, 1.82) is 0 Å². The summed E-state index contributed by atoms with van der Waals surface area (Å²) in [7, 11) is 0. The number of anilines is 1. The van der Waals surface area contributed by atoms with Crippen LogP contribution in [0.1, 0.15) is 31.7 Å². The minimum absolute atomic E-state index is 0.0565. The Morgan fingerprint density at radius 1 is 1.12 bits per heavy atom. The number of nitrogens with zero attached hydrogens (tertiary/aromatic N) is 3. The lowest BCUT2D eigenvalue weighted by molar-refractivity contribution is -0.113. The van der Waals surface area contributed by atoms with Crippen LogP contribution in [0.5, 0.6) is 0 Å². The van der Waals surface area contributed by atoms with Gasteiger partial charge < -0.3 is 5.32 Å². The van der Waals surface area contributed by atoms with Gasteiger partial charge in [-0.2, -0.15) is 0 Å². The van der Waals surface area contributed by atoms with E-state index in [0.29, 0.717) is 33.4 Å². The van der Waals surface area contributed by atoms with E-state index in [0.717, 1.165) is 6.42 Å². The Labute approximate surface area is 201 Å². The smallest absolute Gasteiger partial charge is 0.266 e. The molecule has 0 aliphatic carbocycles. The van der Waals surface area contributed by atoms with E-state index in [4.69, 9.17) is 16.6 Å². The van der Waals surface area contributed by atoms with Crippen molar-refractivity contribution < 1.29 is 4.79 Å². The molecule has 1 amide bonds. The Morgan fingerprint density at radius 2 is 1.88 bits per heavy atom. The zero-order valence-corrected chi connectivity index (χ0v) is 19.9. The highest BCUT2D eigenvalue weighted by atomic mass is 35.5. The van der Waals surface area contributed by atoms with E-state index in [9.17, 15) is 9.59 Å². The van der Waals surface area contributed by atoms with E-state index in [1.54, 1.807) is 35.0 Å². The normalized spacial score (nSPS) is 12.0. The minimum Gasteiger partial charge on any atom is -0.323 e. The number of aromatic nitrogens is 3. The molecule has 0 saturated heterocycles. The summed E-state index contributed by atoms with van der Waals surface area (Å²) in [4.78, 5) is 34.6. The van der Waals surface area contributed by atoms with Gasteiger partial charge in [0.05, 0.1) is 28.0 Å². The summed E-state index contributed by atoms with van der Waals surface area (Å²) in [5.74, 6) is 0.222. The van der Waals surface area contributed by atoms with E-state index in [1.807, 2.05) is 36.4 Å². The molecule has 4 rings (SSSR count). The summed E-state index contributed by atoms with van der Waals surface area (Å²) in [6, 6.07) is 18.5. The fourth-order valence-electron chi connectivity index (χ4n) is 3.42. The molecule has 4 aromatic rings. The SMILES string of the molecule is CC[C@@H](C)c1ccc(-n2c(SCC(=O)Nc3cccnc3Cl)nc3ccccc3c2=O)cc1. The summed E-state index contributed by atoms with van der Waals surface area (Å²) >= 11 is 7.23. The van der Waals surface area contributed by atoms with Crippen molar-refractivity contribution in [3.63, 3.8) is 0 Å². The van der Waals surface area contributed by atoms with Crippen molar-refractivity contribution in [1.82, 2.24) is 14.5 Å². The third kappa shape index (κ3) is 5.10. The van der Waals surface area contributed by atoms with Gasteiger partial charge in [0, 0.05) is 6.20 Å². The second-order valence-electron chi connectivity index (χ2n) is 7.63. The third-order valence-corrected chi connectivity index (χ3v) is 6.68. The van der Waals surface area contributed by atoms with Gasteiger partial charge >= 0.3 is 0 Å². The maximum absolute atomic E-state index is 13.4. The minimum atomic E-state index is -0.268. The Hall–Kier alpha value is -3.16. The number of benzene rings is 2. The summed E-state index contributed by atoms with van der Waals surface area (Å²) in [5, 5.41) is 3.94. The first-order valence-corrected chi connectivity index (χ1v) is 12.0. The lowest BCUT2D eigenvalue weighted by atomic mass is 9.98. The van der Waals surface area contributed by atoms with Gasteiger partial charge in [-0.1, -0.05) is 61.5 Å². The molecule has 33 heavy (non-hydrogen) atoms. The van der Waals surface area contributed by atoms with E-state index in [1.165, 1.54) is 17.3 Å². The average Bonchev–Trinajstić information content (AvgIpc) is 2.84. The van der Waals surface area contributed by atoms with Crippen LogP contribution in [-0.4, -0.2) is 26.2 Å². The molecule has 6 nitrogen and oxygen atoms in total. The number of para-hydroxylation sites is 1. The van der Waals surface area contributed by atoms with Gasteiger partial charge in [0.25, 0.3) is 5.56 Å². The second-order valence-corrected chi connectivity index (χ2v) is 8.93. The summed E-state index contributed by atoms with van der Waals surface area (Å²) < 4.78 is 1.57. The quantitative estimate of drug-likeness (QED) is 0.210. The standard InChI is InChI=1S/C25H23ClN4O2S/c1-3-16(2)17-10-12-18(13-11-17)30-24(32)19-7-4-5-8-20(19)29-25(30)33-15-22(31)28-21-9-6-14-27-23(21)26/h4-14,16H,3,15H2,1-2H3,(H,28,31)/t16-/m1/s1. The first-order chi connectivity index (χ1) is 16.0. The molecule has 168 valence electrons. The molecule has 0 aliphatic rings. The molecular formula is C25H23ClN4O2S. The largest absolute Gasteiger partial charge is 0.323 e. The van der Waals surface area contributed by atoms with Crippen molar-refractivity contribution in [3.05, 3.63) is 87.9 Å². The monoisotopic (exact) mass is 478 g/mol. The number of thioether (sulfide) groups is 1. The molecule has 2 aromatic carbocycles. The molecule has 0 spiro atoms. The molecule has 0 radical (unpaired) electrons. The molecule has 2 aromatic heterocycles. The van der Waals surface area contributed by atoms with Gasteiger partial charge in [0.1, 0.15) is 0 Å². The van der Waals surface area contributed by atoms with Crippen LogP contribution in [0.4, 0.5) is 5.69 Å². The van der Waals surface area contributed by atoms with Gasteiger partial charge in [0.2, 0.25) is 5.91 Å². The summed E-state index contributed by atoms with van der Waals surface area (Å²) in [5.41, 5.74) is 2.78. The molecule has 0 bridgehead atoms. The van der Waals surface area contributed by atoms with Crippen LogP contribution in [-0.2, 0) is 4.79 Å². The molecule has 0 saturated carbocycles. The Morgan fingerprint density at radius 3 is 2.61 bits per heavy atom. The first-order valence-electron chi connectivity index (χ1n) is 10.6. The van der Waals surface area contributed by atoms with E-state index in [2.05, 4.69) is 24.1 Å². The molecule has 0 aliphatic heterocycles. The number of carbonyl (C=O) groups excluding carboxylic acids is 1. The maximum atomic E-state index is 13.4. The van der Waals surface area contributed by atoms with E-state index >= 15 is 0 Å². The number of hydrogen-bond donors (Lipinski definition) is 1. The highest BCUT2D eigenvalue weighted by Gasteiger charge is 2.16. The lowest BCUT2D eigenvalue weighted by Crippen LogP contribution is -2.23. The molecular weight excluding hydrogens is 456 g/mol. The van der Waals surface area contributed by atoms with Gasteiger partial charge in [0.15, 0.2) is 10.3 Å². The van der Waals surface area contributed by atoms with Crippen molar-refractivity contribution in [2.75, 3.05) is 11.1 Å². The van der Waals surface area contributed by atoms with Crippen molar-refractivity contribution in [2.24, 2.45) is 0 Å². The zero-order valence-electron chi connectivity index (χ0n) is 18.3. The predicted octanol–water partition coefficient (Wildman–Crippen LogP) is 5.68. The zero-order chi connectivity index (χ0) is 23.4. The maximum Gasteiger partial charge on any atom is 0.266 e. The Bertz CT molecular complexity index is 1350. The summed E-state index contributed by atoms with van der Waals surface area (Å²) in [6.07, 6.45) is 2.59. The number of fused-ring (bicyclic) bond motifs is 1. The molecule has 2 heterocycles. The van der Waals surface area contributed by atoms with Gasteiger partial charge in [-0.15, -0.1) is 0 Å². The Kier molecular flexibility index (Phi) is 7.11. The molecule has 1 N–H and O–H groups in total. The van der Waals surface area contributed by atoms with Gasteiger partial charge in [-0.05, 0) is 54.3 Å². The van der Waals surface area contributed by atoms with Crippen molar-refractivity contribution in [3.8, 4) is 5.69 Å². The third-order valence-electron chi connectivity index (χ3n) is 5.44. The number of rotatable bonds is 7. The highest BCUT2D eigenvalue weighted by molar-refractivity contribution is 7.99. The van der Waals surface area contributed by atoms with E-state index in [-0.39, 0.29) is 22.4 Å². The number of nitrogens with one attached hydrogen (secondary N) is 1. The summed E-state index contributed by atoms with van der Waals surface area (Å²) in [6.45, 7) is 4.32. The molecule has 8 heteroatoms. The lowest BCUT2D eigenvalue weighted by Gasteiger charge is -2.15. The Balaban J connectivity index is 1.67. The fourth-order valence-corrected chi connectivity index (χ4v) is 4.40. The van der Waals surface area contributed by atoms with Crippen LogP contribution >= 0.6 is 23.4 Å². The van der Waals surface area contributed by atoms with Crippen LogP contribution in [0, 0.1) is 0 Å². The molecule has 0 fully saturated rings. The molecule has 1 atom stereocenters. The molecule has 0 unspecified atom stereocenters.